The van der Waals surface area contributed by atoms with Crippen molar-refractivity contribution in [3.63, 3.8) is 0 Å². The predicted octanol–water partition coefficient (Wildman–Crippen LogP) is 6.31. The fraction of sp³-hybridized carbons (Fsp3) is 0.379. The van der Waals surface area contributed by atoms with Gasteiger partial charge in [0.1, 0.15) is 11.6 Å². The number of amides is 4. The molecule has 2 aliphatic rings. The third-order valence-electron chi connectivity index (χ3n) is 7.75. The summed E-state index contributed by atoms with van der Waals surface area (Å²) in [6.07, 6.45) is 3.45. The van der Waals surface area contributed by atoms with E-state index in [9.17, 15) is 18.8 Å². The minimum atomic E-state index is -0.627. The summed E-state index contributed by atoms with van der Waals surface area (Å²) >= 11 is 6.04. The number of aromatic amines is 1. The normalized spacial score (nSPS) is 21.1. The average Bonchev–Trinajstić information content (AvgIpc) is 3.43. The Balaban J connectivity index is 1.45. The van der Waals surface area contributed by atoms with Crippen LogP contribution in [0.1, 0.15) is 61.6 Å². The van der Waals surface area contributed by atoms with Crippen LogP contribution in [-0.4, -0.2) is 46.6 Å². The lowest BCUT2D eigenvalue weighted by Crippen LogP contribution is -2.50. The quantitative estimate of drug-likeness (QED) is 0.287. The van der Waals surface area contributed by atoms with E-state index in [1.807, 2.05) is 6.92 Å². The van der Waals surface area contributed by atoms with E-state index < -0.39 is 18.0 Å². The summed E-state index contributed by atoms with van der Waals surface area (Å²) in [5.74, 6) is -0.356. The number of rotatable bonds is 3. The van der Waals surface area contributed by atoms with Crippen molar-refractivity contribution in [1.82, 2.24) is 20.2 Å². The van der Waals surface area contributed by atoms with Gasteiger partial charge in [-0.25, -0.2) is 19.0 Å². The van der Waals surface area contributed by atoms with Crippen LogP contribution in [0.5, 0.6) is 0 Å². The highest BCUT2D eigenvalue weighted by atomic mass is 35.5. The van der Waals surface area contributed by atoms with E-state index in [2.05, 4.69) is 25.7 Å². The van der Waals surface area contributed by atoms with Crippen molar-refractivity contribution in [2.24, 2.45) is 5.92 Å². The van der Waals surface area contributed by atoms with Crippen LogP contribution in [0.2, 0.25) is 5.02 Å². The molecule has 3 unspecified atom stereocenters. The Morgan fingerprint density at radius 1 is 1.20 bits per heavy atom. The molecule has 1 fully saturated rings. The largest absolute Gasteiger partial charge is 0.453 e. The smallest absolute Gasteiger partial charge is 0.411 e. The van der Waals surface area contributed by atoms with Crippen LogP contribution >= 0.6 is 11.6 Å². The summed E-state index contributed by atoms with van der Waals surface area (Å²) in [5, 5.41) is 8.58. The van der Waals surface area contributed by atoms with Crippen molar-refractivity contribution in [3.05, 3.63) is 64.3 Å². The lowest BCUT2D eigenvalue weighted by molar-refractivity contribution is -0.119. The van der Waals surface area contributed by atoms with Gasteiger partial charge < -0.3 is 25.3 Å². The van der Waals surface area contributed by atoms with Crippen LogP contribution in [0.25, 0.3) is 11.3 Å². The zero-order valence-corrected chi connectivity index (χ0v) is 23.8. The second-order valence-corrected chi connectivity index (χ2v) is 10.9. The third-order valence-corrected chi connectivity index (χ3v) is 8.05. The van der Waals surface area contributed by atoms with E-state index >= 15 is 0 Å². The van der Waals surface area contributed by atoms with Gasteiger partial charge in [-0.15, -0.1) is 0 Å². The summed E-state index contributed by atoms with van der Waals surface area (Å²) in [6.45, 7) is 4.04. The first kappa shape index (κ1) is 28.4. The molecule has 5 rings (SSSR count). The summed E-state index contributed by atoms with van der Waals surface area (Å²) in [6, 6.07) is 7.17. The van der Waals surface area contributed by atoms with Crippen LogP contribution in [0, 0.1) is 18.7 Å². The Kier molecular flexibility index (Phi) is 8.16. The number of ether oxygens (including phenoxy) is 1. The molecule has 1 saturated heterocycles. The maximum Gasteiger partial charge on any atom is 0.411 e. The highest BCUT2D eigenvalue weighted by molar-refractivity contribution is 6.30. The Morgan fingerprint density at radius 2 is 2.00 bits per heavy atom. The monoisotopic (exact) mass is 582 g/mol. The Hall–Kier alpha value is -4.12. The Bertz CT molecular complexity index is 1490. The number of hydrogen-bond acceptors (Lipinski definition) is 5. The molecular formula is C29H32ClFN6O4. The molecule has 0 spiro atoms. The number of H-pyrrole nitrogens is 1. The zero-order valence-electron chi connectivity index (χ0n) is 23.0. The van der Waals surface area contributed by atoms with Crippen molar-refractivity contribution >= 4 is 41.0 Å². The summed E-state index contributed by atoms with van der Waals surface area (Å²) < 4.78 is 19.6. The summed E-state index contributed by atoms with van der Waals surface area (Å²) in [5.41, 5.74) is 3.30. The molecule has 0 aliphatic carbocycles. The molecule has 0 radical (unpaired) electrons. The molecule has 3 aromatic rings. The van der Waals surface area contributed by atoms with E-state index in [-0.39, 0.29) is 28.9 Å². The fourth-order valence-electron chi connectivity index (χ4n) is 5.49. The van der Waals surface area contributed by atoms with Crippen molar-refractivity contribution in [3.8, 4) is 11.3 Å². The lowest BCUT2D eigenvalue weighted by Gasteiger charge is -2.38. The number of urea groups is 1. The van der Waals surface area contributed by atoms with Crippen molar-refractivity contribution in [2.45, 2.75) is 51.6 Å². The highest BCUT2D eigenvalue weighted by Crippen LogP contribution is 2.37. The number of anilines is 2. The number of benzene rings is 2. The minimum absolute atomic E-state index is 0.0244. The molecule has 1 aromatic heterocycles. The number of hydrogen-bond donors (Lipinski definition) is 4. The molecule has 2 bridgehead atoms. The SMILES string of the molecule is COC(=O)Nc1ccc2c(c1)NC(=O)C(C)CCCC(N1CCC(c3c(C)ccc(Cl)c3F)NC1=O)c1nc-2c[nH]1. The van der Waals surface area contributed by atoms with Gasteiger partial charge in [0.05, 0.1) is 35.6 Å². The van der Waals surface area contributed by atoms with Crippen LogP contribution < -0.4 is 16.0 Å². The van der Waals surface area contributed by atoms with Gasteiger partial charge in [0.25, 0.3) is 0 Å². The first-order valence-corrected chi connectivity index (χ1v) is 13.9. The average molecular weight is 583 g/mol. The van der Waals surface area contributed by atoms with Crippen LogP contribution in [0.3, 0.4) is 0 Å². The summed E-state index contributed by atoms with van der Waals surface area (Å²) in [4.78, 5) is 48.0. The molecule has 216 valence electrons. The van der Waals surface area contributed by atoms with Gasteiger partial charge in [-0.2, -0.15) is 0 Å². The molecule has 12 heteroatoms. The molecule has 41 heavy (non-hydrogen) atoms. The number of aryl methyl sites for hydroxylation is 1. The van der Waals surface area contributed by atoms with Gasteiger partial charge in [0.15, 0.2) is 0 Å². The molecule has 2 aliphatic heterocycles. The first-order valence-electron chi connectivity index (χ1n) is 13.5. The van der Waals surface area contributed by atoms with Crippen LogP contribution in [0.4, 0.5) is 25.4 Å². The maximum atomic E-state index is 14.9. The predicted molar refractivity (Wildman–Crippen MR) is 153 cm³/mol. The maximum absolute atomic E-state index is 14.9. The Labute approximate surface area is 242 Å². The van der Waals surface area contributed by atoms with Gasteiger partial charge in [-0.3, -0.25) is 10.1 Å². The molecule has 3 heterocycles. The number of carbonyl (C=O) groups excluding carboxylic acids is 3. The number of nitrogens with one attached hydrogen (secondary N) is 4. The van der Waals surface area contributed by atoms with E-state index in [1.54, 1.807) is 42.3 Å². The van der Waals surface area contributed by atoms with Gasteiger partial charge >= 0.3 is 12.1 Å². The fourth-order valence-corrected chi connectivity index (χ4v) is 5.65. The molecule has 2 aromatic carbocycles. The van der Waals surface area contributed by atoms with Gasteiger partial charge in [0, 0.05) is 35.5 Å². The third kappa shape index (κ3) is 5.85. The number of imidazole rings is 1. The van der Waals surface area contributed by atoms with E-state index in [0.717, 1.165) is 5.56 Å². The van der Waals surface area contributed by atoms with Gasteiger partial charge in [-0.1, -0.05) is 31.0 Å². The summed E-state index contributed by atoms with van der Waals surface area (Å²) in [7, 11) is 1.27. The molecular weight excluding hydrogens is 551 g/mol. The van der Waals surface area contributed by atoms with Crippen LogP contribution in [0.15, 0.2) is 36.5 Å². The molecule has 4 amide bonds. The standard InChI is InChI=1S/C29H32ClFN6O4/c1-15-7-10-19(30)25(31)24(15)20-11-12-37(28(39)36-20)23-6-4-5-16(2)27(38)35-21-13-17(33-29(40)41-3)8-9-18(21)22-14-32-26(23)34-22/h7-10,13-14,16,20,23H,4-6,11-12H2,1-3H3,(H,32,34)(H,33,40)(H,35,38)(H,36,39). The molecule has 4 N–H and O–H groups in total. The lowest BCUT2D eigenvalue weighted by atomic mass is 9.95. The number of halogens is 2. The van der Waals surface area contributed by atoms with E-state index in [0.29, 0.717) is 66.2 Å². The minimum Gasteiger partial charge on any atom is -0.453 e. The van der Waals surface area contributed by atoms with Crippen LogP contribution in [-0.2, 0) is 9.53 Å². The second kappa shape index (κ2) is 11.8. The van der Waals surface area contributed by atoms with E-state index in [4.69, 9.17) is 16.6 Å². The van der Waals surface area contributed by atoms with Crippen molar-refractivity contribution in [2.75, 3.05) is 24.3 Å². The van der Waals surface area contributed by atoms with Crippen molar-refractivity contribution < 1.29 is 23.5 Å². The number of nitrogens with zero attached hydrogens (tertiary/aromatic N) is 2. The number of fused-ring (bicyclic) bond motifs is 4. The number of aromatic nitrogens is 2. The van der Waals surface area contributed by atoms with E-state index in [1.165, 1.54) is 13.2 Å². The van der Waals surface area contributed by atoms with Gasteiger partial charge in [-0.05, 0) is 56.0 Å². The number of carbonyl (C=O) groups is 3. The topological polar surface area (TPSA) is 128 Å². The van der Waals surface area contributed by atoms with Crippen molar-refractivity contribution in [1.29, 1.82) is 0 Å². The zero-order chi connectivity index (χ0) is 29.3. The molecule has 0 saturated carbocycles. The highest BCUT2D eigenvalue weighted by Gasteiger charge is 2.35. The molecule has 10 nitrogen and oxygen atoms in total. The first-order chi connectivity index (χ1) is 19.7. The molecule has 3 atom stereocenters. The second-order valence-electron chi connectivity index (χ2n) is 10.5. The number of methoxy groups -OCH3 is 1. The van der Waals surface area contributed by atoms with Gasteiger partial charge in [0.2, 0.25) is 5.91 Å². The Morgan fingerprint density at radius 3 is 2.76 bits per heavy atom.